The van der Waals surface area contributed by atoms with E-state index >= 15 is 0 Å². The summed E-state index contributed by atoms with van der Waals surface area (Å²) in [6, 6.07) is 1.84. The van der Waals surface area contributed by atoms with Crippen molar-refractivity contribution in [1.29, 1.82) is 0 Å². The van der Waals surface area contributed by atoms with Crippen molar-refractivity contribution in [2.75, 3.05) is 0 Å². The van der Waals surface area contributed by atoms with Crippen LogP contribution in [0.5, 0.6) is 0 Å². The van der Waals surface area contributed by atoms with E-state index in [2.05, 4.69) is 4.98 Å². The maximum Gasteiger partial charge on any atom is 0.337 e. The number of aromatic nitrogens is 1. The van der Waals surface area contributed by atoms with Crippen LogP contribution in [0.25, 0.3) is 0 Å². The monoisotopic (exact) mass is 221 g/mol. The van der Waals surface area contributed by atoms with Crippen molar-refractivity contribution >= 4 is 5.97 Å². The second-order valence-corrected chi connectivity index (χ2v) is 4.99. The van der Waals surface area contributed by atoms with E-state index in [-0.39, 0.29) is 5.92 Å². The summed E-state index contributed by atoms with van der Waals surface area (Å²) in [5.41, 5.74) is 2.45. The number of aromatic carboxylic acids is 1. The van der Waals surface area contributed by atoms with Crippen LogP contribution in [0, 0.1) is 0 Å². The lowest BCUT2D eigenvalue weighted by Crippen LogP contribution is -2.01. The van der Waals surface area contributed by atoms with Gasteiger partial charge in [-0.25, -0.2) is 4.79 Å². The Bertz CT molecular complexity index is 387. The van der Waals surface area contributed by atoms with E-state index in [0.717, 1.165) is 11.4 Å². The van der Waals surface area contributed by atoms with Gasteiger partial charge >= 0.3 is 5.97 Å². The highest BCUT2D eigenvalue weighted by molar-refractivity contribution is 5.89. The Balaban J connectivity index is 2.34. The third kappa shape index (κ3) is 1.99. The standard InChI is InChI=1S/C13H19NO2/c1-8(2)12-10(13(15)16)7-11(14-12)9-5-3-4-6-9/h7-9,14H,3-6H2,1-2H3,(H,15,16). The lowest BCUT2D eigenvalue weighted by molar-refractivity contribution is 0.0695. The lowest BCUT2D eigenvalue weighted by Gasteiger charge is -2.06. The molecule has 0 radical (unpaired) electrons. The number of H-pyrrole nitrogens is 1. The molecule has 88 valence electrons. The van der Waals surface area contributed by atoms with Gasteiger partial charge in [0.1, 0.15) is 0 Å². The molecule has 0 spiro atoms. The zero-order valence-corrected chi connectivity index (χ0v) is 9.92. The zero-order chi connectivity index (χ0) is 11.7. The summed E-state index contributed by atoms with van der Waals surface area (Å²) in [6.45, 7) is 4.05. The van der Waals surface area contributed by atoms with E-state index in [1.807, 2.05) is 19.9 Å². The molecule has 1 aromatic heterocycles. The first kappa shape index (κ1) is 11.2. The van der Waals surface area contributed by atoms with E-state index in [4.69, 9.17) is 5.11 Å². The van der Waals surface area contributed by atoms with Gasteiger partial charge in [0.15, 0.2) is 0 Å². The van der Waals surface area contributed by atoms with Crippen LogP contribution in [0.2, 0.25) is 0 Å². The maximum absolute atomic E-state index is 11.1. The molecule has 0 amide bonds. The molecule has 2 rings (SSSR count). The van der Waals surface area contributed by atoms with Crippen molar-refractivity contribution in [3.8, 4) is 0 Å². The van der Waals surface area contributed by atoms with Gasteiger partial charge in [0, 0.05) is 11.4 Å². The van der Waals surface area contributed by atoms with Gasteiger partial charge in [0.05, 0.1) is 5.56 Å². The molecule has 0 saturated heterocycles. The largest absolute Gasteiger partial charge is 0.478 e. The number of nitrogens with one attached hydrogen (secondary N) is 1. The average molecular weight is 221 g/mol. The fraction of sp³-hybridized carbons (Fsp3) is 0.615. The summed E-state index contributed by atoms with van der Waals surface area (Å²) in [6.07, 6.45) is 4.92. The van der Waals surface area contributed by atoms with Crippen LogP contribution in [0.3, 0.4) is 0 Å². The molecule has 0 aromatic carbocycles. The minimum Gasteiger partial charge on any atom is -0.478 e. The minimum atomic E-state index is -0.816. The summed E-state index contributed by atoms with van der Waals surface area (Å²) in [7, 11) is 0. The third-order valence-electron chi connectivity index (χ3n) is 3.47. The molecular formula is C13H19NO2. The minimum absolute atomic E-state index is 0.237. The summed E-state index contributed by atoms with van der Waals surface area (Å²) in [5, 5.41) is 9.15. The van der Waals surface area contributed by atoms with Crippen LogP contribution in [0.4, 0.5) is 0 Å². The molecule has 16 heavy (non-hydrogen) atoms. The first-order chi connectivity index (χ1) is 7.59. The van der Waals surface area contributed by atoms with Crippen LogP contribution in [0.15, 0.2) is 6.07 Å². The number of hydrogen-bond donors (Lipinski definition) is 2. The predicted octanol–water partition coefficient (Wildman–Crippen LogP) is 3.49. The Hall–Kier alpha value is -1.25. The zero-order valence-electron chi connectivity index (χ0n) is 9.92. The molecule has 0 aliphatic heterocycles. The number of aromatic amines is 1. The van der Waals surface area contributed by atoms with E-state index < -0.39 is 5.97 Å². The quantitative estimate of drug-likeness (QED) is 0.820. The van der Waals surface area contributed by atoms with Crippen molar-refractivity contribution in [2.45, 2.75) is 51.4 Å². The highest BCUT2D eigenvalue weighted by Gasteiger charge is 2.23. The summed E-state index contributed by atoms with van der Waals surface area (Å²) in [5.74, 6) is -0.0314. The van der Waals surface area contributed by atoms with Crippen LogP contribution in [-0.4, -0.2) is 16.1 Å². The van der Waals surface area contributed by atoms with Crippen LogP contribution in [-0.2, 0) is 0 Å². The molecule has 1 aromatic rings. The summed E-state index contributed by atoms with van der Waals surface area (Å²) >= 11 is 0. The Kier molecular flexibility index (Phi) is 3.03. The van der Waals surface area contributed by atoms with Gasteiger partial charge in [-0.15, -0.1) is 0 Å². The molecular weight excluding hydrogens is 202 g/mol. The van der Waals surface area contributed by atoms with Gasteiger partial charge in [-0.3, -0.25) is 0 Å². The highest BCUT2D eigenvalue weighted by Crippen LogP contribution is 2.35. The Labute approximate surface area is 95.9 Å². The summed E-state index contributed by atoms with van der Waals surface area (Å²) < 4.78 is 0. The van der Waals surface area contributed by atoms with E-state index in [0.29, 0.717) is 11.5 Å². The van der Waals surface area contributed by atoms with Crippen LogP contribution < -0.4 is 0 Å². The van der Waals surface area contributed by atoms with Crippen molar-refractivity contribution in [3.05, 3.63) is 23.0 Å². The Morgan fingerprint density at radius 3 is 2.50 bits per heavy atom. The second kappa shape index (κ2) is 4.32. The highest BCUT2D eigenvalue weighted by atomic mass is 16.4. The Morgan fingerprint density at radius 2 is 2.06 bits per heavy atom. The van der Waals surface area contributed by atoms with Crippen LogP contribution in [0.1, 0.15) is 73.1 Å². The summed E-state index contributed by atoms with van der Waals surface area (Å²) in [4.78, 5) is 14.5. The van der Waals surface area contributed by atoms with Crippen molar-refractivity contribution in [1.82, 2.24) is 4.98 Å². The van der Waals surface area contributed by atoms with Gasteiger partial charge in [-0.1, -0.05) is 26.7 Å². The van der Waals surface area contributed by atoms with Gasteiger partial charge in [-0.2, -0.15) is 0 Å². The SMILES string of the molecule is CC(C)c1[nH]c(C2CCCC2)cc1C(=O)O. The number of carboxylic acids is 1. The number of carboxylic acid groups (broad SMARTS) is 1. The van der Waals surface area contributed by atoms with Gasteiger partial charge in [0.2, 0.25) is 0 Å². The normalized spacial score (nSPS) is 17.2. The van der Waals surface area contributed by atoms with Gasteiger partial charge in [-0.05, 0) is 30.7 Å². The third-order valence-corrected chi connectivity index (χ3v) is 3.47. The molecule has 2 N–H and O–H groups in total. The second-order valence-electron chi connectivity index (χ2n) is 4.99. The van der Waals surface area contributed by atoms with Crippen LogP contribution >= 0.6 is 0 Å². The molecule has 1 aliphatic rings. The maximum atomic E-state index is 11.1. The topological polar surface area (TPSA) is 53.1 Å². The average Bonchev–Trinajstić information content (AvgIpc) is 2.86. The van der Waals surface area contributed by atoms with Crippen molar-refractivity contribution in [2.24, 2.45) is 0 Å². The molecule has 1 fully saturated rings. The molecule has 1 saturated carbocycles. The number of carbonyl (C=O) groups is 1. The predicted molar refractivity (Wildman–Crippen MR) is 63.1 cm³/mol. The van der Waals surface area contributed by atoms with E-state index in [1.165, 1.54) is 25.7 Å². The van der Waals surface area contributed by atoms with Gasteiger partial charge in [0.25, 0.3) is 0 Å². The molecule has 0 atom stereocenters. The number of rotatable bonds is 3. The van der Waals surface area contributed by atoms with Crippen molar-refractivity contribution in [3.63, 3.8) is 0 Å². The number of hydrogen-bond acceptors (Lipinski definition) is 1. The van der Waals surface area contributed by atoms with E-state index in [9.17, 15) is 4.79 Å². The molecule has 0 bridgehead atoms. The molecule has 1 aliphatic carbocycles. The first-order valence-electron chi connectivity index (χ1n) is 6.05. The lowest BCUT2D eigenvalue weighted by atomic mass is 10.0. The molecule has 1 heterocycles. The van der Waals surface area contributed by atoms with E-state index in [1.54, 1.807) is 0 Å². The fourth-order valence-corrected chi connectivity index (χ4v) is 2.58. The smallest absolute Gasteiger partial charge is 0.337 e. The van der Waals surface area contributed by atoms with Gasteiger partial charge < -0.3 is 10.1 Å². The molecule has 3 heteroatoms. The molecule has 0 unspecified atom stereocenters. The van der Waals surface area contributed by atoms with Crippen molar-refractivity contribution < 1.29 is 9.90 Å². The molecule has 3 nitrogen and oxygen atoms in total. The Morgan fingerprint density at radius 1 is 1.44 bits per heavy atom. The first-order valence-corrected chi connectivity index (χ1v) is 6.05. The fourth-order valence-electron chi connectivity index (χ4n) is 2.58.